The molecule has 0 aromatic heterocycles. The fourth-order valence-electron chi connectivity index (χ4n) is 5.32. The second kappa shape index (κ2) is 17.7. The highest BCUT2D eigenvalue weighted by Crippen LogP contribution is 2.38. The third kappa shape index (κ3) is 8.64. The SMILES string of the molecule is C=C=C(OC(C(=C)C)C(=O)N1CCC(C)=C(NCC)[C@H]1C1=Cc2ccccc2C/C1=C\C)C(/C=C\C=C=CC)=C\C.CC. The predicted molar refractivity (Wildman–Crippen MR) is 183 cm³/mol. The number of allylic oxidation sites excluding steroid dienone is 5. The average Bonchev–Trinajstić information content (AvgIpc) is 3.03. The molecule has 4 heteroatoms. The van der Waals surface area contributed by atoms with Gasteiger partial charge < -0.3 is 15.0 Å². The standard InChI is InChI=1S/C37H44N2O2.C2H6/c1-9-14-15-16-19-28(10-2)33(12-4)41-36(26(6)7)37(40)39-23-22-27(8)34(38-13-5)35(39)32-25-31-21-18-17-20-30(31)24-29(32)11-3;1-2/h9-11,15-21,25,35-36,38H,4,6,13,22-24H2,1-3,5,7-8H3;1-2H3/b19-16-,28-10-,29-11+;/t14?,35-,36?;/m1./s1. The number of hydrogen-bond acceptors (Lipinski definition) is 3. The Hall–Kier alpha value is -4.23. The summed E-state index contributed by atoms with van der Waals surface area (Å²) in [6.07, 6.45) is 14.5. The van der Waals surface area contributed by atoms with Crippen LogP contribution in [0, 0.1) is 0 Å². The number of nitrogens with zero attached hydrogens (tertiary/aromatic N) is 1. The zero-order chi connectivity index (χ0) is 31.9. The van der Waals surface area contributed by atoms with Gasteiger partial charge in [0.25, 0.3) is 5.91 Å². The monoisotopic (exact) mass is 578 g/mol. The van der Waals surface area contributed by atoms with Gasteiger partial charge in [-0.15, -0.1) is 5.73 Å². The van der Waals surface area contributed by atoms with E-state index in [1.54, 1.807) is 0 Å². The molecule has 3 rings (SSSR count). The summed E-state index contributed by atoms with van der Waals surface area (Å²) < 4.78 is 6.37. The van der Waals surface area contributed by atoms with E-state index in [1.807, 2.05) is 69.9 Å². The summed E-state index contributed by atoms with van der Waals surface area (Å²) >= 11 is 0. The number of hydrogen-bond donors (Lipinski definition) is 1. The van der Waals surface area contributed by atoms with Crippen LogP contribution < -0.4 is 5.32 Å². The second-order valence-electron chi connectivity index (χ2n) is 10.3. The summed E-state index contributed by atoms with van der Waals surface area (Å²) in [6, 6.07) is 8.22. The Balaban J connectivity index is 0.00000316. The topological polar surface area (TPSA) is 41.6 Å². The van der Waals surface area contributed by atoms with Gasteiger partial charge in [-0.1, -0.05) is 86.9 Å². The number of likely N-dealkylation sites (N-methyl/N-ethyl adjacent to an activating group) is 1. The van der Waals surface area contributed by atoms with Gasteiger partial charge in [-0.2, -0.15) is 0 Å². The lowest BCUT2D eigenvalue weighted by Gasteiger charge is -2.43. The molecule has 0 saturated carbocycles. The zero-order valence-corrected chi connectivity index (χ0v) is 27.5. The number of benzene rings is 1. The maximum atomic E-state index is 14.5. The number of nitrogens with one attached hydrogen (secondary N) is 1. The van der Waals surface area contributed by atoms with Gasteiger partial charge in [0.05, 0.1) is 6.04 Å². The number of ether oxygens (including phenoxy) is 1. The molecule has 0 saturated heterocycles. The van der Waals surface area contributed by atoms with Gasteiger partial charge in [0, 0.05) is 24.4 Å². The third-order valence-electron chi connectivity index (χ3n) is 7.46. The molecule has 1 aliphatic heterocycles. The minimum Gasteiger partial charge on any atom is -0.468 e. The molecule has 1 amide bonds. The quantitative estimate of drug-likeness (QED) is 0.130. The van der Waals surface area contributed by atoms with Gasteiger partial charge >= 0.3 is 0 Å². The minimum absolute atomic E-state index is 0.124. The van der Waals surface area contributed by atoms with Gasteiger partial charge in [0.15, 0.2) is 11.9 Å². The van der Waals surface area contributed by atoms with Crippen LogP contribution in [-0.4, -0.2) is 36.0 Å². The van der Waals surface area contributed by atoms with Crippen LogP contribution in [0.5, 0.6) is 0 Å². The zero-order valence-electron chi connectivity index (χ0n) is 27.5. The Morgan fingerprint density at radius 3 is 2.56 bits per heavy atom. The van der Waals surface area contributed by atoms with Crippen molar-refractivity contribution >= 4 is 12.0 Å². The molecule has 0 radical (unpaired) electrons. The van der Waals surface area contributed by atoms with Gasteiger partial charge in [0.1, 0.15) is 0 Å². The number of carbonyl (C=O) groups is 1. The average molecular weight is 579 g/mol. The van der Waals surface area contributed by atoms with Crippen LogP contribution in [0.2, 0.25) is 0 Å². The van der Waals surface area contributed by atoms with Crippen molar-refractivity contribution in [2.24, 2.45) is 0 Å². The predicted octanol–water partition coefficient (Wildman–Crippen LogP) is 8.95. The van der Waals surface area contributed by atoms with Crippen LogP contribution in [0.4, 0.5) is 0 Å². The summed E-state index contributed by atoms with van der Waals surface area (Å²) in [5.74, 6) is 0.285. The van der Waals surface area contributed by atoms with Crippen LogP contribution in [0.1, 0.15) is 72.9 Å². The molecule has 1 aromatic rings. The molecule has 1 aliphatic carbocycles. The second-order valence-corrected chi connectivity index (χ2v) is 10.3. The number of amides is 1. The van der Waals surface area contributed by atoms with Crippen molar-refractivity contribution in [1.82, 2.24) is 10.2 Å². The van der Waals surface area contributed by atoms with Crippen LogP contribution >= 0.6 is 0 Å². The summed E-state index contributed by atoms with van der Waals surface area (Å²) in [4.78, 5) is 16.4. The highest BCUT2D eigenvalue weighted by molar-refractivity contribution is 5.86. The van der Waals surface area contributed by atoms with Crippen molar-refractivity contribution < 1.29 is 9.53 Å². The number of carbonyl (C=O) groups excluding carboxylic acids is 1. The molecule has 1 aromatic carbocycles. The highest BCUT2D eigenvalue weighted by atomic mass is 16.5. The van der Waals surface area contributed by atoms with E-state index in [1.165, 1.54) is 22.3 Å². The fraction of sp³-hybridized carbons (Fsp3) is 0.359. The summed E-state index contributed by atoms with van der Waals surface area (Å²) in [7, 11) is 0. The molecule has 43 heavy (non-hydrogen) atoms. The molecule has 2 aliphatic rings. The first kappa shape index (κ1) is 35.0. The van der Waals surface area contributed by atoms with E-state index in [9.17, 15) is 4.79 Å². The van der Waals surface area contributed by atoms with Crippen molar-refractivity contribution in [2.45, 2.75) is 80.4 Å². The molecule has 2 atom stereocenters. The lowest BCUT2D eigenvalue weighted by Crippen LogP contribution is -2.53. The minimum atomic E-state index is -0.886. The van der Waals surface area contributed by atoms with E-state index in [0.29, 0.717) is 17.9 Å². The lowest BCUT2D eigenvalue weighted by atomic mass is 9.80. The van der Waals surface area contributed by atoms with Gasteiger partial charge in [0.2, 0.25) is 0 Å². The van der Waals surface area contributed by atoms with E-state index >= 15 is 0 Å². The molecular formula is C39H50N2O2. The molecule has 4 nitrogen and oxygen atoms in total. The Morgan fingerprint density at radius 2 is 1.95 bits per heavy atom. The molecule has 0 spiro atoms. The van der Waals surface area contributed by atoms with Crippen molar-refractivity contribution in [3.8, 4) is 0 Å². The van der Waals surface area contributed by atoms with Crippen LogP contribution in [0.3, 0.4) is 0 Å². The van der Waals surface area contributed by atoms with Crippen LogP contribution in [0.15, 0.2) is 125 Å². The van der Waals surface area contributed by atoms with Crippen LogP contribution in [0.25, 0.3) is 6.08 Å². The van der Waals surface area contributed by atoms with E-state index in [0.717, 1.165) is 36.2 Å². The van der Waals surface area contributed by atoms with E-state index in [4.69, 9.17) is 4.74 Å². The molecule has 1 N–H and O–H groups in total. The van der Waals surface area contributed by atoms with E-state index in [-0.39, 0.29) is 11.9 Å². The molecular weight excluding hydrogens is 528 g/mol. The largest absolute Gasteiger partial charge is 0.468 e. The van der Waals surface area contributed by atoms with Crippen molar-refractivity contribution in [3.63, 3.8) is 0 Å². The highest BCUT2D eigenvalue weighted by Gasteiger charge is 2.40. The van der Waals surface area contributed by atoms with Crippen molar-refractivity contribution in [2.75, 3.05) is 13.1 Å². The Morgan fingerprint density at radius 1 is 1.23 bits per heavy atom. The first-order valence-electron chi connectivity index (χ1n) is 15.4. The maximum absolute atomic E-state index is 14.5. The smallest absolute Gasteiger partial charge is 0.268 e. The summed E-state index contributed by atoms with van der Waals surface area (Å²) in [6.45, 7) is 25.4. The van der Waals surface area contributed by atoms with Gasteiger partial charge in [-0.25, -0.2) is 0 Å². The van der Waals surface area contributed by atoms with Crippen molar-refractivity contribution in [3.05, 3.63) is 136 Å². The van der Waals surface area contributed by atoms with Gasteiger partial charge in [-0.05, 0) is 100 Å². The maximum Gasteiger partial charge on any atom is 0.268 e. The fourth-order valence-corrected chi connectivity index (χ4v) is 5.32. The molecule has 1 unspecified atom stereocenters. The molecule has 0 bridgehead atoms. The normalized spacial score (nSPS) is 17.9. The van der Waals surface area contributed by atoms with Gasteiger partial charge in [-0.3, -0.25) is 4.79 Å². The van der Waals surface area contributed by atoms with E-state index in [2.05, 4.69) is 87.1 Å². The van der Waals surface area contributed by atoms with Crippen LogP contribution in [-0.2, 0) is 16.0 Å². The first-order valence-corrected chi connectivity index (χ1v) is 15.4. The number of fused-ring (bicyclic) bond motifs is 1. The molecule has 228 valence electrons. The third-order valence-corrected chi connectivity index (χ3v) is 7.46. The lowest BCUT2D eigenvalue weighted by molar-refractivity contribution is -0.140. The summed E-state index contributed by atoms with van der Waals surface area (Å²) in [5, 5.41) is 3.61. The molecule has 1 heterocycles. The Kier molecular flexibility index (Phi) is 14.4. The summed E-state index contributed by atoms with van der Waals surface area (Å²) in [5.41, 5.74) is 14.5. The number of rotatable bonds is 10. The molecule has 0 fully saturated rings. The van der Waals surface area contributed by atoms with E-state index < -0.39 is 6.10 Å². The Labute approximate surface area is 260 Å². The van der Waals surface area contributed by atoms with Crippen molar-refractivity contribution in [1.29, 1.82) is 0 Å². The Bertz CT molecular complexity index is 1430. The first-order chi connectivity index (χ1) is 20.8.